The van der Waals surface area contributed by atoms with Crippen molar-refractivity contribution in [3.8, 4) is 17.2 Å². The van der Waals surface area contributed by atoms with Crippen LogP contribution in [-0.2, 0) is 0 Å². The highest BCUT2D eigenvalue weighted by molar-refractivity contribution is 5.47. The molecule has 2 aromatic carbocycles. The van der Waals surface area contributed by atoms with Gasteiger partial charge in [-0.15, -0.1) is 0 Å². The molecule has 3 atom stereocenters. The molecule has 2 aliphatic rings. The number of benzene rings is 2. The van der Waals surface area contributed by atoms with Crippen LogP contribution < -0.4 is 4.74 Å². The topological polar surface area (TPSA) is 49.7 Å². The first kappa shape index (κ1) is 16.3. The van der Waals surface area contributed by atoms with Crippen LogP contribution in [-0.4, -0.2) is 10.2 Å². The van der Waals surface area contributed by atoms with Gasteiger partial charge in [0.05, 0.1) is 0 Å². The van der Waals surface area contributed by atoms with Gasteiger partial charge in [0.25, 0.3) is 0 Å². The van der Waals surface area contributed by atoms with Gasteiger partial charge in [-0.1, -0.05) is 26.0 Å². The van der Waals surface area contributed by atoms with E-state index in [1.807, 2.05) is 24.3 Å². The summed E-state index contributed by atoms with van der Waals surface area (Å²) in [5, 5.41) is 19.7. The van der Waals surface area contributed by atoms with Crippen LogP contribution in [0.3, 0.4) is 0 Å². The Hall–Kier alpha value is -2.16. The van der Waals surface area contributed by atoms with Gasteiger partial charge in [0, 0.05) is 11.5 Å². The summed E-state index contributed by atoms with van der Waals surface area (Å²) in [4.78, 5) is 0. The van der Waals surface area contributed by atoms with E-state index in [9.17, 15) is 10.2 Å². The van der Waals surface area contributed by atoms with Gasteiger partial charge in [0.2, 0.25) is 0 Å². The number of rotatable bonds is 3. The average Bonchev–Trinajstić information content (AvgIpc) is 3.02. The Labute approximate surface area is 149 Å². The first-order valence-corrected chi connectivity index (χ1v) is 9.36. The van der Waals surface area contributed by atoms with Gasteiger partial charge in [0.15, 0.2) is 0 Å². The molecule has 1 aliphatic heterocycles. The minimum absolute atomic E-state index is 0.00242. The summed E-state index contributed by atoms with van der Waals surface area (Å²) in [6, 6.07) is 12.9. The van der Waals surface area contributed by atoms with E-state index in [2.05, 4.69) is 13.8 Å². The number of fused-ring (bicyclic) bond motifs is 3. The normalized spacial score (nSPS) is 26.6. The predicted molar refractivity (Wildman–Crippen MR) is 98.1 cm³/mol. The maximum absolute atomic E-state index is 10.1. The van der Waals surface area contributed by atoms with Crippen molar-refractivity contribution < 1.29 is 14.9 Å². The predicted octanol–water partition coefficient (Wildman–Crippen LogP) is 5.53. The Kier molecular flexibility index (Phi) is 3.90. The van der Waals surface area contributed by atoms with Crippen molar-refractivity contribution in [2.45, 2.75) is 51.6 Å². The third-order valence-corrected chi connectivity index (χ3v) is 6.66. The molecule has 3 heteroatoms. The third-order valence-electron chi connectivity index (χ3n) is 6.66. The summed E-state index contributed by atoms with van der Waals surface area (Å²) < 4.78 is 6.42. The zero-order valence-electron chi connectivity index (χ0n) is 14.9. The van der Waals surface area contributed by atoms with Gasteiger partial charge in [-0.05, 0) is 72.9 Å². The third kappa shape index (κ3) is 2.48. The Balaban J connectivity index is 1.84. The molecule has 0 saturated heterocycles. The number of phenolic OH excluding ortho intramolecular Hbond substituents is 2. The molecular weight excluding hydrogens is 312 g/mol. The second-order valence-electron chi connectivity index (χ2n) is 7.60. The minimum atomic E-state index is 0.00242. The molecule has 0 bridgehead atoms. The first-order chi connectivity index (χ1) is 12.1. The van der Waals surface area contributed by atoms with Gasteiger partial charge in [0.1, 0.15) is 23.4 Å². The first-order valence-electron chi connectivity index (χ1n) is 9.36. The van der Waals surface area contributed by atoms with Gasteiger partial charge in [-0.2, -0.15) is 0 Å². The van der Waals surface area contributed by atoms with Crippen LogP contribution in [0.5, 0.6) is 17.2 Å². The number of phenols is 2. The largest absolute Gasteiger partial charge is 0.508 e. The highest BCUT2D eigenvalue weighted by Crippen LogP contribution is 2.64. The van der Waals surface area contributed by atoms with Crippen LogP contribution in [0.2, 0.25) is 0 Å². The molecule has 1 unspecified atom stereocenters. The second-order valence-corrected chi connectivity index (χ2v) is 7.60. The lowest BCUT2D eigenvalue weighted by Gasteiger charge is -2.43. The maximum Gasteiger partial charge on any atom is 0.127 e. The standard InChI is InChI=1S/C22H26O3/c1-3-22(4-2)12-11-17-20(22)18-13-16(24)9-10-19(18)25-21(17)14-5-7-15(23)8-6-14/h5-10,13,17,20-21,23-24H,3-4,11-12H2,1-2H3/t17-,20?,21-/m1/s1. The fourth-order valence-corrected chi connectivity index (χ4v) is 5.25. The van der Waals surface area contributed by atoms with Gasteiger partial charge in [-0.3, -0.25) is 0 Å². The molecule has 0 spiro atoms. The van der Waals surface area contributed by atoms with Gasteiger partial charge >= 0.3 is 0 Å². The van der Waals surface area contributed by atoms with Crippen LogP contribution >= 0.6 is 0 Å². The number of hydrogen-bond donors (Lipinski definition) is 2. The SMILES string of the molecule is CCC1(CC)CC[C@@H]2C1c1cc(O)ccc1O[C@@H]2c1ccc(O)cc1. The second kappa shape index (κ2) is 5.98. The average molecular weight is 338 g/mol. The molecule has 1 aliphatic carbocycles. The van der Waals surface area contributed by atoms with Crippen molar-refractivity contribution in [3.05, 3.63) is 53.6 Å². The van der Waals surface area contributed by atoms with Crippen LogP contribution in [0, 0.1) is 11.3 Å². The van der Waals surface area contributed by atoms with Crippen LogP contribution in [0.15, 0.2) is 42.5 Å². The number of ether oxygens (including phenoxy) is 1. The molecule has 0 radical (unpaired) electrons. The Morgan fingerprint density at radius 2 is 1.68 bits per heavy atom. The lowest BCUT2D eigenvalue weighted by molar-refractivity contribution is 0.0765. The Morgan fingerprint density at radius 1 is 1.00 bits per heavy atom. The summed E-state index contributed by atoms with van der Waals surface area (Å²) in [6.45, 7) is 4.58. The summed E-state index contributed by atoms with van der Waals surface area (Å²) in [6.07, 6.45) is 4.61. The molecular formula is C22H26O3. The molecule has 1 fully saturated rings. The molecule has 0 aromatic heterocycles. The van der Waals surface area contributed by atoms with E-state index >= 15 is 0 Å². The molecule has 4 rings (SSSR count). The smallest absolute Gasteiger partial charge is 0.127 e. The fraction of sp³-hybridized carbons (Fsp3) is 0.455. The molecule has 0 amide bonds. The van der Waals surface area contributed by atoms with Crippen molar-refractivity contribution in [2.75, 3.05) is 0 Å². The lowest BCUT2D eigenvalue weighted by atomic mass is 9.66. The fourth-order valence-electron chi connectivity index (χ4n) is 5.25. The van der Waals surface area contributed by atoms with E-state index in [4.69, 9.17) is 4.74 Å². The molecule has 1 saturated carbocycles. The van der Waals surface area contributed by atoms with Crippen molar-refractivity contribution >= 4 is 0 Å². The maximum atomic E-state index is 10.1. The van der Waals surface area contributed by atoms with Crippen molar-refractivity contribution in [1.82, 2.24) is 0 Å². The van der Waals surface area contributed by atoms with E-state index < -0.39 is 0 Å². The molecule has 2 aromatic rings. The van der Waals surface area contributed by atoms with E-state index in [-0.39, 0.29) is 17.3 Å². The monoisotopic (exact) mass is 338 g/mol. The molecule has 3 nitrogen and oxygen atoms in total. The summed E-state index contributed by atoms with van der Waals surface area (Å²) in [5.74, 6) is 2.29. The molecule has 132 valence electrons. The highest BCUT2D eigenvalue weighted by Gasteiger charge is 2.53. The Morgan fingerprint density at radius 3 is 2.36 bits per heavy atom. The van der Waals surface area contributed by atoms with E-state index in [1.54, 1.807) is 18.2 Å². The minimum Gasteiger partial charge on any atom is -0.508 e. The van der Waals surface area contributed by atoms with Crippen LogP contribution in [0.25, 0.3) is 0 Å². The van der Waals surface area contributed by atoms with Crippen molar-refractivity contribution in [1.29, 1.82) is 0 Å². The summed E-state index contributed by atoms with van der Waals surface area (Å²) >= 11 is 0. The zero-order valence-corrected chi connectivity index (χ0v) is 14.9. The van der Waals surface area contributed by atoms with Gasteiger partial charge < -0.3 is 14.9 Å². The molecule has 25 heavy (non-hydrogen) atoms. The molecule has 1 heterocycles. The quantitative estimate of drug-likeness (QED) is 0.773. The van der Waals surface area contributed by atoms with Crippen LogP contribution in [0.1, 0.15) is 62.7 Å². The summed E-state index contributed by atoms with van der Waals surface area (Å²) in [7, 11) is 0. The van der Waals surface area contributed by atoms with E-state index in [0.29, 0.717) is 17.6 Å². The molecule has 2 N–H and O–H groups in total. The zero-order chi connectivity index (χ0) is 17.6. The number of hydrogen-bond acceptors (Lipinski definition) is 3. The Bertz CT molecular complexity index is 761. The highest BCUT2D eigenvalue weighted by atomic mass is 16.5. The van der Waals surface area contributed by atoms with Gasteiger partial charge in [-0.25, -0.2) is 0 Å². The summed E-state index contributed by atoms with van der Waals surface area (Å²) in [5.41, 5.74) is 2.56. The lowest BCUT2D eigenvalue weighted by Crippen LogP contribution is -2.33. The van der Waals surface area contributed by atoms with E-state index in [1.165, 1.54) is 12.0 Å². The van der Waals surface area contributed by atoms with Crippen molar-refractivity contribution in [3.63, 3.8) is 0 Å². The number of aromatic hydroxyl groups is 2. The van der Waals surface area contributed by atoms with Crippen molar-refractivity contribution in [2.24, 2.45) is 11.3 Å². The van der Waals surface area contributed by atoms with Crippen LogP contribution in [0.4, 0.5) is 0 Å². The van der Waals surface area contributed by atoms with E-state index in [0.717, 1.165) is 30.6 Å².